The first-order valence-electron chi connectivity index (χ1n) is 4.94. The molecule has 0 aromatic carbocycles. The number of rotatable bonds is 6. The van der Waals surface area contributed by atoms with E-state index < -0.39 is 6.43 Å². The lowest BCUT2D eigenvalue weighted by Crippen LogP contribution is -2.32. The summed E-state index contributed by atoms with van der Waals surface area (Å²) in [5.74, 6) is 1.58. The van der Waals surface area contributed by atoms with Gasteiger partial charge in [-0.2, -0.15) is 0 Å². The van der Waals surface area contributed by atoms with Crippen LogP contribution in [0.25, 0.3) is 0 Å². The van der Waals surface area contributed by atoms with Crippen LogP contribution in [0.4, 0.5) is 8.78 Å². The molecule has 0 fully saturated rings. The summed E-state index contributed by atoms with van der Waals surface area (Å²) in [5.41, 5.74) is 0. The molecule has 0 aliphatic rings. The Hall–Kier alpha value is -0.180. The van der Waals surface area contributed by atoms with Crippen molar-refractivity contribution in [2.45, 2.75) is 34.1 Å². The first-order valence-corrected chi connectivity index (χ1v) is 4.94. The maximum Gasteiger partial charge on any atom is 0.250 e. The van der Waals surface area contributed by atoms with E-state index in [4.69, 9.17) is 0 Å². The van der Waals surface area contributed by atoms with Gasteiger partial charge in [-0.05, 0) is 24.3 Å². The van der Waals surface area contributed by atoms with Crippen molar-refractivity contribution in [2.75, 3.05) is 13.1 Å². The Balaban J connectivity index is 3.70. The first kappa shape index (κ1) is 12.8. The molecular weight excluding hydrogens is 172 g/mol. The molecule has 0 saturated carbocycles. The van der Waals surface area contributed by atoms with Crippen LogP contribution in [0.15, 0.2) is 0 Å². The molecule has 0 heterocycles. The quantitative estimate of drug-likeness (QED) is 0.684. The number of hydrogen-bond donors (Lipinski definition) is 1. The summed E-state index contributed by atoms with van der Waals surface area (Å²) in [6.07, 6.45) is -2.24. The fourth-order valence-electron chi connectivity index (χ4n) is 1.60. The largest absolute Gasteiger partial charge is 0.311 e. The smallest absolute Gasteiger partial charge is 0.250 e. The van der Waals surface area contributed by atoms with Gasteiger partial charge in [-0.15, -0.1) is 0 Å². The molecule has 0 unspecified atom stereocenters. The minimum absolute atomic E-state index is 0.185. The topological polar surface area (TPSA) is 12.0 Å². The maximum atomic E-state index is 11.8. The van der Waals surface area contributed by atoms with Crippen LogP contribution in [0.1, 0.15) is 27.7 Å². The van der Waals surface area contributed by atoms with E-state index in [2.05, 4.69) is 33.0 Å². The second kappa shape index (κ2) is 6.30. The average Bonchev–Trinajstić information content (AvgIpc) is 1.95. The molecule has 3 heteroatoms. The molecule has 80 valence electrons. The Morgan fingerprint density at radius 1 is 0.923 bits per heavy atom. The van der Waals surface area contributed by atoms with Gasteiger partial charge in [0.05, 0.1) is 6.54 Å². The SMILES string of the molecule is CC(C)C(CNCC(F)F)C(C)C. The van der Waals surface area contributed by atoms with E-state index in [-0.39, 0.29) is 6.54 Å². The summed E-state index contributed by atoms with van der Waals surface area (Å²) in [6.45, 7) is 9.04. The molecule has 13 heavy (non-hydrogen) atoms. The van der Waals surface area contributed by atoms with Crippen molar-refractivity contribution in [1.29, 1.82) is 0 Å². The normalized spacial score (nSPS) is 12.5. The Kier molecular flexibility index (Phi) is 6.21. The minimum atomic E-state index is -2.24. The zero-order valence-electron chi connectivity index (χ0n) is 8.98. The molecule has 0 radical (unpaired) electrons. The molecule has 0 spiro atoms. The highest BCUT2D eigenvalue weighted by atomic mass is 19.3. The van der Waals surface area contributed by atoms with Gasteiger partial charge in [-0.3, -0.25) is 0 Å². The summed E-state index contributed by atoms with van der Waals surface area (Å²) < 4.78 is 23.6. The third kappa shape index (κ3) is 5.97. The summed E-state index contributed by atoms with van der Waals surface area (Å²) in [4.78, 5) is 0. The van der Waals surface area contributed by atoms with Crippen LogP contribution in [-0.2, 0) is 0 Å². The van der Waals surface area contributed by atoms with Crippen molar-refractivity contribution in [3.63, 3.8) is 0 Å². The summed E-state index contributed by atoms with van der Waals surface area (Å²) >= 11 is 0. The van der Waals surface area contributed by atoms with Crippen LogP contribution in [0.2, 0.25) is 0 Å². The van der Waals surface area contributed by atoms with Crippen LogP contribution in [0, 0.1) is 17.8 Å². The van der Waals surface area contributed by atoms with Crippen molar-refractivity contribution in [3.8, 4) is 0 Å². The van der Waals surface area contributed by atoms with Gasteiger partial charge in [0, 0.05) is 0 Å². The Bertz CT molecular complexity index is 116. The molecule has 0 aromatic heterocycles. The van der Waals surface area contributed by atoms with Gasteiger partial charge in [0.2, 0.25) is 0 Å². The standard InChI is InChI=1S/C10H21F2N/c1-7(2)9(8(3)4)5-13-6-10(11)12/h7-10,13H,5-6H2,1-4H3. The van der Waals surface area contributed by atoms with E-state index >= 15 is 0 Å². The van der Waals surface area contributed by atoms with Gasteiger partial charge in [0.1, 0.15) is 0 Å². The molecule has 0 atom stereocenters. The summed E-state index contributed by atoms with van der Waals surface area (Å²) in [5, 5.41) is 2.80. The lowest BCUT2D eigenvalue weighted by molar-refractivity contribution is 0.140. The minimum Gasteiger partial charge on any atom is -0.311 e. The molecule has 0 bridgehead atoms. The third-order valence-electron chi connectivity index (χ3n) is 2.39. The lowest BCUT2D eigenvalue weighted by atomic mass is 9.85. The highest BCUT2D eigenvalue weighted by molar-refractivity contribution is 4.69. The second-order valence-corrected chi connectivity index (χ2v) is 4.20. The molecule has 0 aliphatic heterocycles. The van der Waals surface area contributed by atoms with E-state index in [1.54, 1.807) is 0 Å². The molecule has 0 aliphatic carbocycles. The van der Waals surface area contributed by atoms with Gasteiger partial charge in [0.15, 0.2) is 0 Å². The van der Waals surface area contributed by atoms with Crippen molar-refractivity contribution < 1.29 is 8.78 Å². The molecule has 1 nitrogen and oxygen atoms in total. The fourth-order valence-corrected chi connectivity index (χ4v) is 1.60. The van der Waals surface area contributed by atoms with Crippen LogP contribution in [0.3, 0.4) is 0 Å². The molecule has 0 rings (SSSR count). The second-order valence-electron chi connectivity index (χ2n) is 4.20. The molecule has 0 aromatic rings. The monoisotopic (exact) mass is 193 g/mol. The van der Waals surface area contributed by atoms with Gasteiger partial charge < -0.3 is 5.32 Å². The third-order valence-corrected chi connectivity index (χ3v) is 2.39. The van der Waals surface area contributed by atoms with Crippen LogP contribution < -0.4 is 5.32 Å². The molecular formula is C10H21F2N. The zero-order chi connectivity index (χ0) is 10.4. The summed E-state index contributed by atoms with van der Waals surface area (Å²) in [7, 11) is 0. The predicted octanol–water partition coefficient (Wildman–Crippen LogP) is 2.77. The fraction of sp³-hybridized carbons (Fsp3) is 1.00. The highest BCUT2D eigenvalue weighted by Crippen LogP contribution is 2.19. The van der Waals surface area contributed by atoms with Crippen LogP contribution >= 0.6 is 0 Å². The maximum absolute atomic E-state index is 11.8. The zero-order valence-corrected chi connectivity index (χ0v) is 8.98. The van der Waals surface area contributed by atoms with Crippen LogP contribution in [-0.4, -0.2) is 19.5 Å². The van der Waals surface area contributed by atoms with E-state index in [0.717, 1.165) is 0 Å². The predicted molar refractivity (Wildman–Crippen MR) is 52.0 cm³/mol. The van der Waals surface area contributed by atoms with E-state index in [0.29, 0.717) is 24.3 Å². The number of alkyl halides is 2. The number of hydrogen-bond acceptors (Lipinski definition) is 1. The number of nitrogens with one attached hydrogen (secondary N) is 1. The molecule has 0 saturated heterocycles. The Morgan fingerprint density at radius 3 is 1.69 bits per heavy atom. The number of halogens is 2. The first-order chi connectivity index (χ1) is 5.95. The Morgan fingerprint density at radius 2 is 1.38 bits per heavy atom. The highest BCUT2D eigenvalue weighted by Gasteiger charge is 2.17. The molecule has 0 amide bonds. The molecule has 1 N–H and O–H groups in total. The van der Waals surface area contributed by atoms with E-state index in [9.17, 15) is 8.78 Å². The van der Waals surface area contributed by atoms with Crippen LogP contribution in [0.5, 0.6) is 0 Å². The van der Waals surface area contributed by atoms with E-state index in [1.807, 2.05) is 0 Å². The van der Waals surface area contributed by atoms with Gasteiger partial charge in [-0.1, -0.05) is 27.7 Å². The van der Waals surface area contributed by atoms with Crippen molar-refractivity contribution in [1.82, 2.24) is 5.32 Å². The van der Waals surface area contributed by atoms with Crippen molar-refractivity contribution >= 4 is 0 Å². The van der Waals surface area contributed by atoms with Gasteiger partial charge in [-0.25, -0.2) is 8.78 Å². The van der Waals surface area contributed by atoms with Gasteiger partial charge in [0.25, 0.3) is 6.43 Å². The van der Waals surface area contributed by atoms with Crippen molar-refractivity contribution in [2.24, 2.45) is 17.8 Å². The lowest BCUT2D eigenvalue weighted by Gasteiger charge is -2.25. The van der Waals surface area contributed by atoms with Crippen molar-refractivity contribution in [3.05, 3.63) is 0 Å². The average molecular weight is 193 g/mol. The van der Waals surface area contributed by atoms with Gasteiger partial charge >= 0.3 is 0 Å². The van der Waals surface area contributed by atoms with E-state index in [1.165, 1.54) is 0 Å². The Labute approximate surface area is 79.9 Å². The summed E-state index contributed by atoms with van der Waals surface area (Å²) in [6, 6.07) is 0.